The minimum Gasteiger partial charge on any atom is -0.480 e. The molecule has 7 nitrogen and oxygen atoms in total. The van der Waals surface area contributed by atoms with E-state index in [1.54, 1.807) is 6.92 Å². The Labute approximate surface area is 118 Å². The van der Waals surface area contributed by atoms with Crippen molar-refractivity contribution < 1.29 is 19.0 Å². The number of nitrogens with zero attached hydrogens (tertiary/aromatic N) is 2. The molecule has 8 heteroatoms. The Bertz CT molecular complexity index is 598. The Morgan fingerprint density at radius 2 is 2.05 bits per heavy atom. The lowest BCUT2D eigenvalue weighted by molar-refractivity contribution is -0.386. The van der Waals surface area contributed by atoms with E-state index in [4.69, 9.17) is 5.11 Å². The first-order valence-corrected chi connectivity index (χ1v) is 7.12. The molecule has 1 atom stereocenters. The van der Waals surface area contributed by atoms with E-state index in [2.05, 4.69) is 4.98 Å². The summed E-state index contributed by atoms with van der Waals surface area (Å²) < 4.78 is 10.7. The van der Waals surface area contributed by atoms with Crippen LogP contribution in [0.3, 0.4) is 0 Å². The lowest BCUT2D eigenvalue weighted by Gasteiger charge is -2.18. The Morgan fingerprint density at radius 1 is 1.50 bits per heavy atom. The second-order valence-corrected chi connectivity index (χ2v) is 6.92. The fourth-order valence-electron chi connectivity index (χ4n) is 1.59. The highest BCUT2D eigenvalue weighted by Gasteiger charge is 2.35. The highest BCUT2D eigenvalue weighted by Crippen LogP contribution is 2.26. The first-order valence-electron chi connectivity index (χ1n) is 5.80. The van der Waals surface area contributed by atoms with Gasteiger partial charge in [-0.2, -0.15) is 0 Å². The number of aryl methyl sites for hydroxylation is 1. The zero-order valence-corrected chi connectivity index (χ0v) is 12.5. The maximum Gasteiger partial charge on any atom is 0.321 e. The molecule has 0 aliphatic heterocycles. The molecule has 110 valence electrons. The van der Waals surface area contributed by atoms with Gasteiger partial charge in [-0.05, 0) is 27.7 Å². The van der Waals surface area contributed by atoms with Gasteiger partial charge >= 0.3 is 5.97 Å². The van der Waals surface area contributed by atoms with Crippen LogP contribution in [0.15, 0.2) is 6.20 Å². The number of carboxylic acids is 1. The molecule has 1 N–H and O–H groups in total. The molecule has 0 radical (unpaired) electrons. The molecule has 0 saturated carbocycles. The number of carbonyl (C=O) groups is 1. The van der Waals surface area contributed by atoms with Crippen LogP contribution >= 0.6 is 0 Å². The van der Waals surface area contributed by atoms with Gasteiger partial charge in [0, 0.05) is 28.1 Å². The average Bonchev–Trinajstić information content (AvgIpc) is 2.31. The molecule has 0 aromatic carbocycles. The molecule has 1 aromatic rings. The van der Waals surface area contributed by atoms with E-state index in [0.29, 0.717) is 11.1 Å². The number of rotatable bonds is 5. The lowest BCUT2D eigenvalue weighted by Crippen LogP contribution is -2.37. The third-order valence-electron chi connectivity index (χ3n) is 3.11. The van der Waals surface area contributed by atoms with Crippen LogP contribution in [0, 0.1) is 24.0 Å². The monoisotopic (exact) mass is 300 g/mol. The fourth-order valence-corrected chi connectivity index (χ4v) is 2.69. The third kappa shape index (κ3) is 3.01. The largest absolute Gasteiger partial charge is 0.480 e. The average molecular weight is 300 g/mol. The number of hydrogen-bond acceptors (Lipinski definition) is 5. The first kappa shape index (κ1) is 16.2. The summed E-state index contributed by atoms with van der Waals surface area (Å²) in [5.41, 5.74) is 0.958. The number of aliphatic carboxylic acids is 1. The van der Waals surface area contributed by atoms with E-state index in [0.717, 1.165) is 0 Å². The SMILES string of the molecule is Cc1cnc(CS(=O)C(C)(C)C(=O)O)c(C)c1[N+](=O)[O-]. The molecule has 0 aliphatic rings. The van der Waals surface area contributed by atoms with Crippen LogP contribution in [-0.4, -0.2) is 29.9 Å². The van der Waals surface area contributed by atoms with Crippen LogP contribution in [0.2, 0.25) is 0 Å². The molecule has 0 saturated heterocycles. The molecular formula is C12H16N2O5S. The van der Waals surface area contributed by atoms with Crippen molar-refractivity contribution in [3.8, 4) is 0 Å². The summed E-state index contributed by atoms with van der Waals surface area (Å²) in [6, 6.07) is 0. The molecule has 1 unspecified atom stereocenters. The smallest absolute Gasteiger partial charge is 0.321 e. The van der Waals surface area contributed by atoms with E-state index in [-0.39, 0.29) is 17.1 Å². The summed E-state index contributed by atoms with van der Waals surface area (Å²) in [5, 5.41) is 20.0. The van der Waals surface area contributed by atoms with Crippen LogP contribution in [0.5, 0.6) is 0 Å². The highest BCUT2D eigenvalue weighted by atomic mass is 32.2. The Morgan fingerprint density at radius 3 is 2.50 bits per heavy atom. The second-order valence-electron chi connectivity index (χ2n) is 4.92. The Kier molecular flexibility index (Phi) is 4.59. The molecule has 0 aliphatic carbocycles. The summed E-state index contributed by atoms with van der Waals surface area (Å²) in [6.07, 6.45) is 1.34. The van der Waals surface area contributed by atoms with Crippen LogP contribution in [0.25, 0.3) is 0 Å². The summed E-state index contributed by atoms with van der Waals surface area (Å²) in [4.78, 5) is 25.6. The third-order valence-corrected chi connectivity index (χ3v) is 4.96. The summed E-state index contributed by atoms with van der Waals surface area (Å²) >= 11 is 0. The Hall–Kier alpha value is -1.83. The Balaban J connectivity index is 3.18. The number of nitro groups is 1. The van der Waals surface area contributed by atoms with Crippen LogP contribution in [-0.2, 0) is 21.3 Å². The molecule has 0 fully saturated rings. The molecule has 1 rings (SSSR count). The van der Waals surface area contributed by atoms with Crippen molar-refractivity contribution in [2.75, 3.05) is 0 Å². The molecule has 0 amide bonds. The molecule has 0 bridgehead atoms. The predicted molar refractivity (Wildman–Crippen MR) is 73.9 cm³/mol. The van der Waals surface area contributed by atoms with E-state index >= 15 is 0 Å². The van der Waals surface area contributed by atoms with Gasteiger partial charge in [0.1, 0.15) is 4.75 Å². The predicted octanol–water partition coefficient (Wildman–Crippen LogP) is 1.72. The normalized spacial score (nSPS) is 13.0. The highest BCUT2D eigenvalue weighted by molar-refractivity contribution is 7.86. The van der Waals surface area contributed by atoms with Crippen molar-refractivity contribution in [3.05, 3.63) is 33.1 Å². The van der Waals surface area contributed by atoms with Crippen molar-refractivity contribution >= 4 is 22.5 Å². The number of aromatic nitrogens is 1. The number of hydrogen-bond donors (Lipinski definition) is 1. The van der Waals surface area contributed by atoms with Crippen LogP contribution in [0.1, 0.15) is 30.7 Å². The lowest BCUT2D eigenvalue weighted by atomic mass is 10.1. The van der Waals surface area contributed by atoms with Crippen molar-refractivity contribution in [2.24, 2.45) is 0 Å². The second kappa shape index (κ2) is 5.66. The maximum atomic E-state index is 12.1. The summed E-state index contributed by atoms with van der Waals surface area (Å²) in [5.74, 6) is -1.32. The molecule has 1 aromatic heterocycles. The summed E-state index contributed by atoms with van der Waals surface area (Å²) in [6.45, 7) is 5.80. The van der Waals surface area contributed by atoms with Crippen molar-refractivity contribution in [2.45, 2.75) is 38.2 Å². The van der Waals surface area contributed by atoms with Gasteiger partial charge < -0.3 is 5.11 Å². The van der Waals surface area contributed by atoms with E-state index in [9.17, 15) is 19.1 Å². The van der Waals surface area contributed by atoms with Gasteiger partial charge in [0.2, 0.25) is 0 Å². The topological polar surface area (TPSA) is 110 Å². The molecule has 20 heavy (non-hydrogen) atoms. The van der Waals surface area contributed by atoms with Gasteiger partial charge in [-0.1, -0.05) is 0 Å². The maximum absolute atomic E-state index is 12.1. The van der Waals surface area contributed by atoms with Crippen molar-refractivity contribution in [1.82, 2.24) is 4.98 Å². The van der Waals surface area contributed by atoms with E-state index in [1.165, 1.54) is 27.0 Å². The minimum atomic E-state index is -1.73. The molecular weight excluding hydrogens is 284 g/mol. The van der Waals surface area contributed by atoms with E-state index < -0.39 is 26.4 Å². The summed E-state index contributed by atoms with van der Waals surface area (Å²) in [7, 11) is -1.73. The van der Waals surface area contributed by atoms with Gasteiger partial charge in [-0.3, -0.25) is 24.1 Å². The fraction of sp³-hybridized carbons (Fsp3) is 0.500. The first-order chi connectivity index (χ1) is 9.09. The van der Waals surface area contributed by atoms with Crippen LogP contribution in [0.4, 0.5) is 5.69 Å². The van der Waals surface area contributed by atoms with Gasteiger partial charge in [-0.25, -0.2) is 0 Å². The van der Waals surface area contributed by atoms with Crippen molar-refractivity contribution in [3.63, 3.8) is 0 Å². The zero-order chi connectivity index (χ0) is 15.7. The van der Waals surface area contributed by atoms with Crippen LogP contribution < -0.4 is 0 Å². The quantitative estimate of drug-likeness (QED) is 0.654. The van der Waals surface area contributed by atoms with Gasteiger partial charge in [0.05, 0.1) is 16.4 Å². The zero-order valence-electron chi connectivity index (χ0n) is 11.7. The number of pyridine rings is 1. The number of carboxylic acid groups (broad SMARTS) is 1. The van der Waals surface area contributed by atoms with Gasteiger partial charge in [0.25, 0.3) is 5.69 Å². The minimum absolute atomic E-state index is 0.0693. The molecule has 0 spiro atoms. The standard InChI is InChI=1S/C12H16N2O5S/c1-7-5-13-9(8(2)10(7)14(17)18)6-20(19)12(3,4)11(15)16/h5H,6H2,1-4H3,(H,15,16). The van der Waals surface area contributed by atoms with Crippen molar-refractivity contribution in [1.29, 1.82) is 0 Å². The molecule has 1 heterocycles. The van der Waals surface area contributed by atoms with E-state index in [1.807, 2.05) is 0 Å². The van der Waals surface area contributed by atoms with Gasteiger partial charge in [0.15, 0.2) is 0 Å². The van der Waals surface area contributed by atoms with Gasteiger partial charge in [-0.15, -0.1) is 0 Å².